The average molecular weight is 214 g/mol. The predicted octanol–water partition coefficient (Wildman–Crippen LogP) is 1.88. The first-order chi connectivity index (χ1) is 7.01. The Bertz CT molecular complexity index is 182. The van der Waals surface area contributed by atoms with E-state index in [-0.39, 0.29) is 11.9 Å². The molecule has 2 unspecified atom stereocenters. The van der Waals surface area contributed by atoms with Gasteiger partial charge in [0.15, 0.2) is 0 Å². The molecule has 1 N–H and O–H groups in total. The van der Waals surface area contributed by atoms with Crippen LogP contribution in [0.3, 0.4) is 0 Å². The molecule has 2 atom stereocenters. The Morgan fingerprint density at radius 2 is 1.93 bits per heavy atom. The van der Waals surface area contributed by atoms with Crippen LogP contribution in [0, 0.1) is 5.92 Å². The second-order valence-electron chi connectivity index (χ2n) is 4.43. The molecular formula is C12H26N2O. The largest absolute Gasteiger partial charge is 0.346 e. The minimum absolute atomic E-state index is 0.224. The van der Waals surface area contributed by atoms with Gasteiger partial charge < -0.3 is 10.2 Å². The molecule has 0 saturated heterocycles. The molecule has 90 valence electrons. The van der Waals surface area contributed by atoms with Crippen molar-refractivity contribution in [2.75, 3.05) is 20.1 Å². The van der Waals surface area contributed by atoms with Crippen molar-refractivity contribution >= 4 is 5.91 Å². The Kier molecular flexibility index (Phi) is 7.39. The van der Waals surface area contributed by atoms with Gasteiger partial charge in [-0.3, -0.25) is 4.79 Å². The maximum Gasteiger partial charge on any atom is 0.223 e. The molecule has 0 heterocycles. The second-order valence-corrected chi connectivity index (χ2v) is 4.43. The third-order valence-corrected chi connectivity index (χ3v) is 2.89. The first kappa shape index (κ1) is 14.4. The second kappa shape index (κ2) is 7.69. The summed E-state index contributed by atoms with van der Waals surface area (Å²) in [5.41, 5.74) is 0. The van der Waals surface area contributed by atoms with Gasteiger partial charge >= 0.3 is 0 Å². The third-order valence-electron chi connectivity index (χ3n) is 2.89. The first-order valence-corrected chi connectivity index (χ1v) is 5.98. The van der Waals surface area contributed by atoms with Crippen LogP contribution in [-0.4, -0.2) is 37.0 Å². The molecule has 0 bridgehead atoms. The summed E-state index contributed by atoms with van der Waals surface area (Å²) in [4.78, 5) is 13.3. The van der Waals surface area contributed by atoms with Gasteiger partial charge in [-0.15, -0.1) is 0 Å². The summed E-state index contributed by atoms with van der Waals surface area (Å²) in [5, 5.41) is 3.40. The first-order valence-electron chi connectivity index (χ1n) is 5.98. The summed E-state index contributed by atoms with van der Waals surface area (Å²) in [6, 6.07) is 0.278. The summed E-state index contributed by atoms with van der Waals surface area (Å²) in [6.45, 7) is 10.3. The molecule has 0 aromatic heterocycles. The van der Waals surface area contributed by atoms with E-state index in [4.69, 9.17) is 0 Å². The number of rotatable bonds is 7. The van der Waals surface area contributed by atoms with Gasteiger partial charge in [-0.25, -0.2) is 0 Å². The van der Waals surface area contributed by atoms with E-state index in [1.54, 1.807) is 4.90 Å². The maximum absolute atomic E-state index is 11.6. The number of nitrogens with zero attached hydrogens (tertiary/aromatic N) is 1. The lowest BCUT2D eigenvalue weighted by Crippen LogP contribution is -2.36. The Balaban J connectivity index is 3.73. The van der Waals surface area contributed by atoms with E-state index < -0.39 is 0 Å². The molecule has 0 aliphatic rings. The van der Waals surface area contributed by atoms with Crippen molar-refractivity contribution in [3.05, 3.63) is 0 Å². The van der Waals surface area contributed by atoms with Crippen LogP contribution >= 0.6 is 0 Å². The monoisotopic (exact) mass is 214 g/mol. The summed E-state index contributed by atoms with van der Waals surface area (Å²) in [6.07, 6.45) is 1.78. The van der Waals surface area contributed by atoms with Crippen LogP contribution in [0.25, 0.3) is 0 Å². The Morgan fingerprint density at radius 3 is 2.40 bits per heavy atom. The molecule has 0 saturated carbocycles. The fraction of sp³-hybridized carbons (Fsp3) is 0.917. The van der Waals surface area contributed by atoms with Crippen LogP contribution in [-0.2, 0) is 4.79 Å². The van der Waals surface area contributed by atoms with E-state index in [1.165, 1.54) is 6.42 Å². The van der Waals surface area contributed by atoms with Crippen LogP contribution < -0.4 is 5.32 Å². The number of carbonyl (C=O) groups excluding carboxylic acids is 1. The van der Waals surface area contributed by atoms with Crippen LogP contribution in [0.15, 0.2) is 0 Å². The summed E-state index contributed by atoms with van der Waals surface area (Å²) < 4.78 is 0. The van der Waals surface area contributed by atoms with E-state index in [2.05, 4.69) is 26.1 Å². The molecule has 3 heteroatoms. The van der Waals surface area contributed by atoms with Gasteiger partial charge in [0.25, 0.3) is 0 Å². The lowest BCUT2D eigenvalue weighted by atomic mass is 10.1. The Hall–Kier alpha value is -0.570. The van der Waals surface area contributed by atoms with Gasteiger partial charge in [0.2, 0.25) is 5.91 Å². The Labute approximate surface area is 94.2 Å². The van der Waals surface area contributed by atoms with Crippen molar-refractivity contribution < 1.29 is 4.79 Å². The molecule has 0 aromatic rings. The minimum atomic E-state index is 0.224. The van der Waals surface area contributed by atoms with Crippen molar-refractivity contribution in [3.63, 3.8) is 0 Å². The van der Waals surface area contributed by atoms with E-state index in [9.17, 15) is 4.79 Å². The molecule has 0 aromatic carbocycles. The molecule has 0 radical (unpaired) electrons. The van der Waals surface area contributed by atoms with Gasteiger partial charge in [0, 0.05) is 26.1 Å². The van der Waals surface area contributed by atoms with Crippen molar-refractivity contribution in [2.24, 2.45) is 5.92 Å². The fourth-order valence-corrected chi connectivity index (χ4v) is 1.21. The van der Waals surface area contributed by atoms with E-state index >= 15 is 0 Å². The highest BCUT2D eigenvalue weighted by Crippen LogP contribution is 2.01. The van der Waals surface area contributed by atoms with Crippen LogP contribution in [0.1, 0.15) is 40.5 Å². The predicted molar refractivity (Wildman–Crippen MR) is 64.8 cm³/mol. The highest BCUT2D eigenvalue weighted by Gasteiger charge is 2.12. The minimum Gasteiger partial charge on any atom is -0.346 e. The molecular weight excluding hydrogens is 188 g/mol. The van der Waals surface area contributed by atoms with E-state index in [0.29, 0.717) is 12.3 Å². The Morgan fingerprint density at radius 1 is 1.33 bits per heavy atom. The van der Waals surface area contributed by atoms with Gasteiger partial charge in [-0.2, -0.15) is 0 Å². The van der Waals surface area contributed by atoms with Gasteiger partial charge in [0.05, 0.1) is 0 Å². The highest BCUT2D eigenvalue weighted by molar-refractivity contribution is 5.76. The normalized spacial score (nSPS) is 14.7. The van der Waals surface area contributed by atoms with Crippen molar-refractivity contribution in [3.8, 4) is 0 Å². The van der Waals surface area contributed by atoms with Crippen LogP contribution in [0.5, 0.6) is 0 Å². The quantitative estimate of drug-likeness (QED) is 0.702. The number of carbonyl (C=O) groups is 1. The van der Waals surface area contributed by atoms with Gasteiger partial charge in [0.1, 0.15) is 0 Å². The van der Waals surface area contributed by atoms with Crippen molar-refractivity contribution in [2.45, 2.75) is 46.6 Å². The highest BCUT2D eigenvalue weighted by atomic mass is 16.2. The van der Waals surface area contributed by atoms with Crippen LogP contribution in [0.2, 0.25) is 0 Å². The zero-order chi connectivity index (χ0) is 11.8. The topological polar surface area (TPSA) is 32.3 Å². The summed E-state index contributed by atoms with van der Waals surface area (Å²) in [5.74, 6) is 0.910. The lowest BCUT2D eigenvalue weighted by Gasteiger charge is -2.20. The SMILES string of the molecule is CCC(C)CNC(C)CC(=O)N(C)CC. The zero-order valence-electron chi connectivity index (χ0n) is 10.8. The average Bonchev–Trinajstić information content (AvgIpc) is 2.24. The van der Waals surface area contributed by atoms with Crippen molar-refractivity contribution in [1.29, 1.82) is 0 Å². The molecule has 0 spiro atoms. The molecule has 0 aliphatic carbocycles. The third kappa shape index (κ3) is 6.50. The molecule has 0 rings (SSSR count). The molecule has 0 fully saturated rings. The number of nitrogens with one attached hydrogen (secondary N) is 1. The summed E-state index contributed by atoms with van der Waals surface area (Å²) >= 11 is 0. The number of hydrogen-bond donors (Lipinski definition) is 1. The molecule has 15 heavy (non-hydrogen) atoms. The smallest absolute Gasteiger partial charge is 0.223 e. The van der Waals surface area contributed by atoms with Crippen molar-refractivity contribution in [1.82, 2.24) is 10.2 Å². The summed E-state index contributed by atoms with van der Waals surface area (Å²) in [7, 11) is 1.85. The molecule has 1 amide bonds. The maximum atomic E-state index is 11.6. The standard InChI is InChI=1S/C12H26N2O/c1-6-10(3)9-13-11(4)8-12(15)14(5)7-2/h10-11,13H,6-9H2,1-5H3. The molecule has 0 aliphatic heterocycles. The fourth-order valence-electron chi connectivity index (χ4n) is 1.21. The van der Waals surface area contributed by atoms with Gasteiger partial charge in [-0.05, 0) is 26.3 Å². The lowest BCUT2D eigenvalue weighted by molar-refractivity contribution is -0.130. The number of amides is 1. The molecule has 3 nitrogen and oxygen atoms in total. The zero-order valence-corrected chi connectivity index (χ0v) is 10.8. The van der Waals surface area contributed by atoms with Crippen LogP contribution in [0.4, 0.5) is 0 Å². The number of hydrogen-bond acceptors (Lipinski definition) is 2. The van der Waals surface area contributed by atoms with Gasteiger partial charge in [-0.1, -0.05) is 20.3 Å². The van der Waals surface area contributed by atoms with E-state index in [1.807, 2.05) is 14.0 Å². The van der Waals surface area contributed by atoms with E-state index in [0.717, 1.165) is 13.1 Å².